The lowest BCUT2D eigenvalue weighted by Gasteiger charge is -2.17. The van der Waals surface area contributed by atoms with Gasteiger partial charge in [-0.05, 0) is 63.3 Å². The number of nitrogens with one attached hydrogen (secondary N) is 2. The number of hydrogen-bond donors (Lipinski definition) is 2. The molecule has 0 aliphatic carbocycles. The molecule has 0 bridgehead atoms. The first-order valence-electron chi connectivity index (χ1n) is 8.27. The van der Waals surface area contributed by atoms with Crippen LogP contribution in [0.5, 0.6) is 0 Å². The molecule has 1 heterocycles. The first-order chi connectivity index (χ1) is 10.4. The standard InChI is InChI=1S/C18H29N3O/c1-13(2)20-18(22)19-10-17-7-8-21(12-17)11-16-6-5-14(3)15(4)9-16/h5-6,9,13,17H,7-8,10-12H2,1-4H3,(H2,19,20,22)/t17-/m0/s1. The average molecular weight is 303 g/mol. The number of likely N-dealkylation sites (tertiary alicyclic amines) is 1. The number of urea groups is 1. The van der Waals surface area contributed by atoms with E-state index < -0.39 is 0 Å². The highest BCUT2D eigenvalue weighted by Crippen LogP contribution is 2.19. The van der Waals surface area contributed by atoms with Crippen LogP contribution in [0, 0.1) is 19.8 Å². The molecular formula is C18H29N3O. The number of aryl methyl sites for hydroxylation is 2. The van der Waals surface area contributed by atoms with Crippen molar-refractivity contribution in [3.05, 3.63) is 34.9 Å². The van der Waals surface area contributed by atoms with Crippen molar-refractivity contribution >= 4 is 6.03 Å². The van der Waals surface area contributed by atoms with E-state index in [4.69, 9.17) is 0 Å². The normalized spacial score (nSPS) is 18.7. The zero-order valence-electron chi connectivity index (χ0n) is 14.3. The van der Waals surface area contributed by atoms with Crippen LogP contribution in [-0.4, -0.2) is 36.6 Å². The molecule has 2 rings (SSSR count). The molecule has 1 aromatic rings. The summed E-state index contributed by atoms with van der Waals surface area (Å²) in [5.41, 5.74) is 4.10. The minimum absolute atomic E-state index is 0.0531. The van der Waals surface area contributed by atoms with Gasteiger partial charge in [0.25, 0.3) is 0 Å². The minimum Gasteiger partial charge on any atom is -0.338 e. The Hall–Kier alpha value is -1.55. The van der Waals surface area contributed by atoms with Crippen molar-refractivity contribution in [2.24, 2.45) is 5.92 Å². The van der Waals surface area contributed by atoms with Gasteiger partial charge < -0.3 is 10.6 Å². The second kappa shape index (κ2) is 7.63. The molecule has 4 heteroatoms. The Morgan fingerprint density at radius 2 is 2.09 bits per heavy atom. The van der Waals surface area contributed by atoms with Gasteiger partial charge in [-0.3, -0.25) is 4.90 Å². The van der Waals surface area contributed by atoms with Crippen LogP contribution in [-0.2, 0) is 6.54 Å². The van der Waals surface area contributed by atoms with Crippen LogP contribution in [0.2, 0.25) is 0 Å². The van der Waals surface area contributed by atoms with Gasteiger partial charge in [-0.1, -0.05) is 18.2 Å². The van der Waals surface area contributed by atoms with Crippen molar-refractivity contribution in [3.8, 4) is 0 Å². The number of rotatable bonds is 5. The number of amides is 2. The molecule has 1 fully saturated rings. The van der Waals surface area contributed by atoms with Gasteiger partial charge in [-0.15, -0.1) is 0 Å². The van der Waals surface area contributed by atoms with Gasteiger partial charge in [0.05, 0.1) is 0 Å². The monoisotopic (exact) mass is 303 g/mol. The van der Waals surface area contributed by atoms with Gasteiger partial charge in [0.15, 0.2) is 0 Å². The summed E-state index contributed by atoms with van der Waals surface area (Å²) in [6.07, 6.45) is 1.16. The highest BCUT2D eigenvalue weighted by atomic mass is 16.2. The SMILES string of the molecule is Cc1ccc(CN2CC[C@@H](CNC(=O)NC(C)C)C2)cc1C. The summed E-state index contributed by atoms with van der Waals surface area (Å²) in [7, 11) is 0. The maximum atomic E-state index is 11.6. The summed E-state index contributed by atoms with van der Waals surface area (Å²) in [5.74, 6) is 0.560. The van der Waals surface area contributed by atoms with Crippen LogP contribution in [0.1, 0.15) is 37.0 Å². The third kappa shape index (κ3) is 5.02. The summed E-state index contributed by atoms with van der Waals surface area (Å²) >= 11 is 0. The number of benzene rings is 1. The second-order valence-corrected chi connectivity index (χ2v) is 6.82. The van der Waals surface area contributed by atoms with E-state index in [1.165, 1.54) is 16.7 Å². The smallest absolute Gasteiger partial charge is 0.314 e. The fourth-order valence-corrected chi connectivity index (χ4v) is 2.93. The van der Waals surface area contributed by atoms with E-state index in [-0.39, 0.29) is 12.1 Å². The molecule has 0 unspecified atom stereocenters. The van der Waals surface area contributed by atoms with Crippen LogP contribution in [0.15, 0.2) is 18.2 Å². The van der Waals surface area contributed by atoms with Crippen molar-refractivity contribution in [1.82, 2.24) is 15.5 Å². The first-order valence-corrected chi connectivity index (χ1v) is 8.27. The minimum atomic E-state index is -0.0531. The van der Waals surface area contributed by atoms with Crippen molar-refractivity contribution < 1.29 is 4.79 Å². The van der Waals surface area contributed by atoms with Crippen LogP contribution in [0.25, 0.3) is 0 Å². The second-order valence-electron chi connectivity index (χ2n) is 6.82. The molecule has 122 valence electrons. The molecule has 1 atom stereocenters. The van der Waals surface area contributed by atoms with E-state index in [1.807, 2.05) is 13.8 Å². The van der Waals surface area contributed by atoms with Crippen LogP contribution in [0.3, 0.4) is 0 Å². The summed E-state index contributed by atoms with van der Waals surface area (Å²) in [6, 6.07) is 6.85. The largest absolute Gasteiger partial charge is 0.338 e. The van der Waals surface area contributed by atoms with Gasteiger partial charge in [0, 0.05) is 25.7 Å². The number of carbonyl (C=O) groups excluding carboxylic acids is 1. The molecule has 1 aromatic carbocycles. The van der Waals surface area contributed by atoms with Gasteiger partial charge in [0.1, 0.15) is 0 Å². The lowest BCUT2D eigenvalue weighted by atomic mass is 10.1. The molecule has 2 amide bonds. The Morgan fingerprint density at radius 1 is 1.32 bits per heavy atom. The number of hydrogen-bond acceptors (Lipinski definition) is 2. The average Bonchev–Trinajstić information content (AvgIpc) is 2.88. The molecule has 0 radical (unpaired) electrons. The maximum absolute atomic E-state index is 11.6. The summed E-state index contributed by atoms with van der Waals surface area (Å²) in [6.45, 7) is 12.2. The van der Waals surface area contributed by atoms with E-state index in [0.29, 0.717) is 5.92 Å². The maximum Gasteiger partial charge on any atom is 0.314 e. The first kappa shape index (κ1) is 16.8. The topological polar surface area (TPSA) is 44.4 Å². The van der Waals surface area contributed by atoms with Crippen LogP contribution >= 0.6 is 0 Å². The van der Waals surface area contributed by atoms with Crippen molar-refractivity contribution in [2.45, 2.75) is 46.7 Å². The Balaban J connectivity index is 1.75. The van der Waals surface area contributed by atoms with Gasteiger partial charge in [-0.2, -0.15) is 0 Å². The number of nitrogens with zero attached hydrogens (tertiary/aromatic N) is 1. The van der Waals surface area contributed by atoms with Crippen molar-refractivity contribution in [1.29, 1.82) is 0 Å². The lowest BCUT2D eigenvalue weighted by Crippen LogP contribution is -2.41. The van der Waals surface area contributed by atoms with E-state index in [0.717, 1.165) is 32.6 Å². The molecule has 4 nitrogen and oxygen atoms in total. The Morgan fingerprint density at radius 3 is 2.77 bits per heavy atom. The van der Waals surface area contributed by atoms with E-state index in [2.05, 4.69) is 47.6 Å². The molecule has 0 aromatic heterocycles. The highest BCUT2D eigenvalue weighted by molar-refractivity contribution is 5.74. The molecule has 0 spiro atoms. The zero-order chi connectivity index (χ0) is 16.1. The van der Waals surface area contributed by atoms with Crippen molar-refractivity contribution in [3.63, 3.8) is 0 Å². The third-order valence-corrected chi connectivity index (χ3v) is 4.32. The van der Waals surface area contributed by atoms with Gasteiger partial charge in [0.2, 0.25) is 0 Å². The Bertz CT molecular complexity index is 513. The van der Waals surface area contributed by atoms with Crippen LogP contribution < -0.4 is 10.6 Å². The number of carbonyl (C=O) groups is 1. The molecule has 1 aliphatic heterocycles. The highest BCUT2D eigenvalue weighted by Gasteiger charge is 2.22. The predicted molar refractivity (Wildman–Crippen MR) is 91.0 cm³/mol. The molecule has 1 saturated heterocycles. The molecule has 22 heavy (non-hydrogen) atoms. The summed E-state index contributed by atoms with van der Waals surface area (Å²) < 4.78 is 0. The summed E-state index contributed by atoms with van der Waals surface area (Å²) in [5, 5.41) is 5.85. The van der Waals surface area contributed by atoms with Gasteiger partial charge >= 0.3 is 6.03 Å². The fraction of sp³-hybridized carbons (Fsp3) is 0.611. The predicted octanol–water partition coefficient (Wildman–Crippen LogP) is 2.83. The fourth-order valence-electron chi connectivity index (χ4n) is 2.93. The van der Waals surface area contributed by atoms with E-state index >= 15 is 0 Å². The van der Waals surface area contributed by atoms with Gasteiger partial charge in [-0.25, -0.2) is 4.79 Å². The quantitative estimate of drug-likeness (QED) is 0.878. The Kier molecular flexibility index (Phi) is 5.83. The lowest BCUT2D eigenvalue weighted by molar-refractivity contribution is 0.236. The zero-order valence-corrected chi connectivity index (χ0v) is 14.3. The molecule has 2 N–H and O–H groups in total. The van der Waals surface area contributed by atoms with Crippen LogP contribution in [0.4, 0.5) is 4.79 Å². The molecule has 0 saturated carbocycles. The molecular weight excluding hydrogens is 274 g/mol. The third-order valence-electron chi connectivity index (χ3n) is 4.32. The summed E-state index contributed by atoms with van der Waals surface area (Å²) in [4.78, 5) is 14.1. The van der Waals surface area contributed by atoms with E-state index in [9.17, 15) is 4.79 Å². The van der Waals surface area contributed by atoms with Crippen molar-refractivity contribution in [2.75, 3.05) is 19.6 Å². The Labute approximate surface area is 134 Å². The van der Waals surface area contributed by atoms with E-state index in [1.54, 1.807) is 0 Å². The molecule has 1 aliphatic rings.